The first-order valence-corrected chi connectivity index (χ1v) is 13.1. The quantitative estimate of drug-likeness (QED) is 0.102. The van der Waals surface area contributed by atoms with E-state index in [0.717, 1.165) is 10.9 Å². The highest BCUT2D eigenvalue weighted by molar-refractivity contribution is 5.96. The van der Waals surface area contributed by atoms with Crippen LogP contribution < -0.4 is 27.4 Å². The number of carbonyl (C=O) groups is 6. The van der Waals surface area contributed by atoms with Crippen molar-refractivity contribution in [3.05, 3.63) is 65.9 Å². The maximum Gasteiger partial charge on any atom is 0.326 e. The minimum absolute atomic E-state index is 0.0447. The van der Waals surface area contributed by atoms with Gasteiger partial charge in [0.25, 0.3) is 0 Å². The molecule has 0 fully saturated rings. The first-order valence-electron chi connectivity index (χ1n) is 13.1. The van der Waals surface area contributed by atoms with Crippen LogP contribution in [0.4, 0.5) is 0 Å². The third-order valence-electron chi connectivity index (χ3n) is 6.49. The zero-order valence-corrected chi connectivity index (χ0v) is 22.8. The number of nitrogens with one attached hydrogen (secondary N) is 4. The smallest absolute Gasteiger partial charge is 0.326 e. The largest absolute Gasteiger partial charge is 0.508 e. The summed E-state index contributed by atoms with van der Waals surface area (Å²) in [6.07, 6.45) is -0.0472. The number of aromatic amines is 1. The van der Waals surface area contributed by atoms with Crippen LogP contribution in [0.2, 0.25) is 0 Å². The molecule has 3 rings (SSSR count). The number of para-hydroxylation sites is 1. The third kappa shape index (κ3) is 9.29. The van der Waals surface area contributed by atoms with Gasteiger partial charge in [-0.25, -0.2) is 4.79 Å². The summed E-state index contributed by atoms with van der Waals surface area (Å²) in [6, 6.07) is 6.94. The predicted octanol–water partition coefficient (Wildman–Crippen LogP) is -1.12. The van der Waals surface area contributed by atoms with Crippen LogP contribution in [0.25, 0.3) is 10.9 Å². The van der Waals surface area contributed by atoms with Crippen molar-refractivity contribution in [1.82, 2.24) is 20.9 Å². The lowest BCUT2D eigenvalue weighted by molar-refractivity contribution is -0.143. The lowest BCUT2D eigenvalue weighted by Crippen LogP contribution is -2.58. The fraction of sp³-hybridized carbons (Fsp3) is 0.286. The van der Waals surface area contributed by atoms with Gasteiger partial charge in [0, 0.05) is 29.9 Å². The highest BCUT2D eigenvalue weighted by atomic mass is 16.4. The van der Waals surface area contributed by atoms with Gasteiger partial charge in [0.15, 0.2) is 0 Å². The number of hydrogen-bond donors (Lipinski definition) is 9. The van der Waals surface area contributed by atoms with Gasteiger partial charge in [-0.1, -0.05) is 30.3 Å². The van der Waals surface area contributed by atoms with Gasteiger partial charge in [-0.15, -0.1) is 0 Å². The summed E-state index contributed by atoms with van der Waals surface area (Å²) in [6.45, 7) is 0. The number of carbonyl (C=O) groups excluding carboxylic acids is 4. The molecule has 43 heavy (non-hydrogen) atoms. The van der Waals surface area contributed by atoms with Gasteiger partial charge in [-0.2, -0.15) is 0 Å². The molecule has 0 aliphatic rings. The van der Waals surface area contributed by atoms with Crippen molar-refractivity contribution in [3.8, 4) is 5.75 Å². The monoisotopic (exact) mass is 596 g/mol. The molecule has 0 aliphatic heterocycles. The Morgan fingerprint density at radius 3 is 1.95 bits per heavy atom. The van der Waals surface area contributed by atoms with Gasteiger partial charge < -0.3 is 47.7 Å². The Bertz CT molecular complexity index is 1500. The number of carboxylic acids is 2. The van der Waals surface area contributed by atoms with Crippen molar-refractivity contribution in [3.63, 3.8) is 0 Å². The predicted molar refractivity (Wildman–Crippen MR) is 151 cm³/mol. The summed E-state index contributed by atoms with van der Waals surface area (Å²) in [5.41, 5.74) is 12.6. The summed E-state index contributed by atoms with van der Waals surface area (Å²) in [7, 11) is 0. The zero-order chi connectivity index (χ0) is 31.7. The summed E-state index contributed by atoms with van der Waals surface area (Å²) < 4.78 is 0. The number of aromatic hydroxyl groups is 1. The Morgan fingerprint density at radius 1 is 0.767 bits per heavy atom. The Kier molecular flexibility index (Phi) is 10.8. The van der Waals surface area contributed by atoms with Crippen molar-refractivity contribution in [2.75, 3.05) is 0 Å². The lowest BCUT2D eigenvalue weighted by atomic mass is 10.0. The Labute approximate surface area is 244 Å². The van der Waals surface area contributed by atoms with Gasteiger partial charge in [0.2, 0.25) is 23.6 Å². The van der Waals surface area contributed by atoms with Crippen LogP contribution in [0.1, 0.15) is 24.0 Å². The van der Waals surface area contributed by atoms with Crippen molar-refractivity contribution in [1.29, 1.82) is 0 Å². The number of phenolic OH excluding ortho intramolecular Hbond substituents is 1. The van der Waals surface area contributed by atoms with Crippen molar-refractivity contribution in [2.45, 2.75) is 49.9 Å². The zero-order valence-electron chi connectivity index (χ0n) is 22.8. The second-order valence-electron chi connectivity index (χ2n) is 9.83. The molecule has 0 radical (unpaired) electrons. The number of fused-ring (bicyclic) bond motifs is 1. The molecule has 0 aliphatic carbocycles. The molecule has 4 unspecified atom stereocenters. The second-order valence-corrected chi connectivity index (χ2v) is 9.83. The topological polar surface area (TPSA) is 267 Å². The van der Waals surface area contributed by atoms with Crippen LogP contribution in [-0.4, -0.2) is 80.0 Å². The molecule has 4 atom stereocenters. The number of hydrogen-bond acceptors (Lipinski definition) is 8. The number of amides is 4. The normalized spacial score (nSPS) is 13.7. The first kappa shape index (κ1) is 32.1. The summed E-state index contributed by atoms with van der Waals surface area (Å²) >= 11 is 0. The van der Waals surface area contributed by atoms with E-state index in [1.54, 1.807) is 30.5 Å². The van der Waals surface area contributed by atoms with E-state index in [2.05, 4.69) is 20.9 Å². The minimum Gasteiger partial charge on any atom is -0.508 e. The molecule has 0 spiro atoms. The van der Waals surface area contributed by atoms with E-state index in [-0.39, 0.29) is 18.6 Å². The number of aliphatic carboxylic acids is 2. The van der Waals surface area contributed by atoms with Crippen molar-refractivity contribution < 1.29 is 44.1 Å². The van der Waals surface area contributed by atoms with Crippen LogP contribution in [-0.2, 0) is 41.6 Å². The minimum atomic E-state index is -1.67. The summed E-state index contributed by atoms with van der Waals surface area (Å²) in [5.74, 6) is -6.62. The van der Waals surface area contributed by atoms with Crippen LogP contribution in [0, 0.1) is 0 Å². The molecule has 1 aromatic heterocycles. The fourth-order valence-electron chi connectivity index (χ4n) is 4.31. The van der Waals surface area contributed by atoms with Gasteiger partial charge in [-0.3, -0.25) is 24.0 Å². The molecule has 0 saturated heterocycles. The Balaban J connectivity index is 1.92. The number of nitrogens with two attached hydrogens (primary N) is 2. The van der Waals surface area contributed by atoms with Crippen molar-refractivity contribution >= 4 is 46.5 Å². The highest BCUT2D eigenvalue weighted by Crippen LogP contribution is 2.20. The molecule has 1 heterocycles. The molecule has 15 heteroatoms. The van der Waals surface area contributed by atoms with Gasteiger partial charge >= 0.3 is 11.9 Å². The van der Waals surface area contributed by atoms with E-state index >= 15 is 0 Å². The molecule has 0 saturated carbocycles. The third-order valence-corrected chi connectivity index (χ3v) is 6.49. The fourth-order valence-corrected chi connectivity index (χ4v) is 4.31. The van der Waals surface area contributed by atoms with E-state index in [1.165, 1.54) is 24.3 Å². The van der Waals surface area contributed by atoms with E-state index in [4.69, 9.17) is 16.6 Å². The maximum absolute atomic E-state index is 13.6. The summed E-state index contributed by atoms with van der Waals surface area (Å²) in [5, 5.41) is 36.0. The van der Waals surface area contributed by atoms with E-state index in [1.807, 2.05) is 0 Å². The number of H-pyrrole nitrogens is 1. The second kappa shape index (κ2) is 14.5. The number of carboxylic acid groups (broad SMARTS) is 2. The van der Waals surface area contributed by atoms with Crippen LogP contribution in [0.15, 0.2) is 54.7 Å². The van der Waals surface area contributed by atoms with Crippen LogP contribution in [0.5, 0.6) is 5.75 Å². The van der Waals surface area contributed by atoms with Crippen LogP contribution >= 0.6 is 0 Å². The molecule has 3 aromatic rings. The number of phenols is 1. The van der Waals surface area contributed by atoms with Gasteiger partial charge in [-0.05, 0) is 29.3 Å². The van der Waals surface area contributed by atoms with E-state index in [0.29, 0.717) is 11.1 Å². The number of rotatable bonds is 15. The van der Waals surface area contributed by atoms with Crippen molar-refractivity contribution in [2.24, 2.45) is 11.5 Å². The molecule has 0 bridgehead atoms. The number of aromatic nitrogens is 1. The Morgan fingerprint density at radius 2 is 1.35 bits per heavy atom. The highest BCUT2D eigenvalue weighted by Gasteiger charge is 2.32. The number of benzene rings is 2. The maximum atomic E-state index is 13.6. The van der Waals surface area contributed by atoms with Crippen LogP contribution in [0.3, 0.4) is 0 Å². The van der Waals surface area contributed by atoms with Gasteiger partial charge in [0.1, 0.15) is 23.9 Å². The first-order chi connectivity index (χ1) is 20.3. The molecule has 15 nitrogen and oxygen atoms in total. The lowest BCUT2D eigenvalue weighted by Gasteiger charge is -2.25. The van der Waals surface area contributed by atoms with E-state index in [9.17, 15) is 39.0 Å². The molecular formula is C28H32N6O9. The SMILES string of the molecule is NC(=O)CC(NC(=O)C(Cc1c[nH]c2ccccc12)NC(=O)C(Cc1ccc(O)cc1)NC(=O)C(N)CC(=O)O)C(=O)O. The average Bonchev–Trinajstić information content (AvgIpc) is 3.35. The Hall–Kier alpha value is -5.44. The number of primary amides is 1. The van der Waals surface area contributed by atoms with Gasteiger partial charge in [0.05, 0.1) is 18.9 Å². The molecule has 11 N–H and O–H groups in total. The summed E-state index contributed by atoms with van der Waals surface area (Å²) in [4.78, 5) is 76.8. The van der Waals surface area contributed by atoms with E-state index < -0.39 is 72.6 Å². The molecule has 2 aromatic carbocycles. The molecule has 4 amide bonds. The molecule has 228 valence electrons. The average molecular weight is 597 g/mol. The standard InChI is InChI=1S/C28H32N6O9/c29-18(11-24(37)38)25(39)32-20(9-14-5-7-16(35)8-6-14)26(40)33-21(27(41)34-22(28(42)43)12-23(30)36)10-15-13-31-19-4-2-1-3-17(15)19/h1-8,13,18,20-22,31,35H,9-12,29H2,(H2,30,36)(H,32,39)(H,33,40)(H,34,41)(H,37,38)(H,42,43). The molecular weight excluding hydrogens is 564 g/mol.